The van der Waals surface area contributed by atoms with E-state index >= 15 is 0 Å². The predicted octanol–water partition coefficient (Wildman–Crippen LogP) is 3.36. The first-order valence-corrected chi connectivity index (χ1v) is 7.73. The van der Waals surface area contributed by atoms with Gasteiger partial charge in [0.2, 0.25) is 0 Å². The molecule has 27 heavy (non-hydrogen) atoms. The maximum absolute atomic E-state index is 13.6. The van der Waals surface area contributed by atoms with Crippen molar-refractivity contribution in [2.45, 2.75) is 19.3 Å². The minimum Gasteiger partial charge on any atom is -0.395 e. The fourth-order valence-electron chi connectivity index (χ4n) is 2.48. The minimum absolute atomic E-state index is 0.0332. The molecular formula is C16H15F6N3O2. The Kier molecular flexibility index (Phi) is 5.83. The third-order valence-corrected chi connectivity index (χ3v) is 3.73. The second kappa shape index (κ2) is 7.59. The highest BCUT2D eigenvalue weighted by Gasteiger charge is 2.41. The highest BCUT2D eigenvalue weighted by atomic mass is 19.4. The zero-order valence-electron chi connectivity index (χ0n) is 14.0. The summed E-state index contributed by atoms with van der Waals surface area (Å²) in [6.45, 7) is 0.896. The molecule has 0 atom stereocenters. The van der Waals surface area contributed by atoms with E-state index < -0.39 is 47.4 Å². The Morgan fingerprint density at radius 2 is 1.85 bits per heavy atom. The lowest BCUT2D eigenvalue weighted by Gasteiger charge is -2.20. The SMILES string of the molecule is CCN(CCO)C(=O)c1cnn(-c2cccc(C(F)(F)F)c2)c1C(F)(F)F. The van der Waals surface area contributed by atoms with Gasteiger partial charge in [-0.05, 0) is 25.1 Å². The smallest absolute Gasteiger partial charge is 0.395 e. The van der Waals surface area contributed by atoms with Crippen molar-refractivity contribution in [2.24, 2.45) is 0 Å². The predicted molar refractivity (Wildman–Crippen MR) is 82.2 cm³/mol. The normalized spacial score (nSPS) is 12.3. The van der Waals surface area contributed by atoms with Crippen LogP contribution in [0.5, 0.6) is 0 Å². The number of amides is 1. The molecule has 1 heterocycles. The molecule has 1 aromatic heterocycles. The fourth-order valence-corrected chi connectivity index (χ4v) is 2.48. The average molecular weight is 395 g/mol. The summed E-state index contributed by atoms with van der Waals surface area (Å²) in [6, 6.07) is 3.21. The molecule has 0 radical (unpaired) electrons. The summed E-state index contributed by atoms with van der Waals surface area (Å²) < 4.78 is 79.5. The highest BCUT2D eigenvalue weighted by Crippen LogP contribution is 2.36. The lowest BCUT2D eigenvalue weighted by Crippen LogP contribution is -2.34. The van der Waals surface area contributed by atoms with E-state index in [4.69, 9.17) is 5.11 Å². The van der Waals surface area contributed by atoms with Crippen LogP contribution < -0.4 is 0 Å². The average Bonchev–Trinajstić information content (AvgIpc) is 3.04. The molecule has 1 aromatic carbocycles. The molecule has 0 unspecified atom stereocenters. The molecule has 11 heteroatoms. The Morgan fingerprint density at radius 3 is 2.37 bits per heavy atom. The standard InChI is InChI=1S/C16H15F6N3O2/c1-2-24(6-7-26)14(27)12-9-23-25(13(12)16(20,21)22)11-5-3-4-10(8-11)15(17,18)19/h3-5,8-9,26H,2,6-7H2,1H3. The number of benzene rings is 1. The van der Waals surface area contributed by atoms with Gasteiger partial charge in [0.1, 0.15) is 0 Å². The molecule has 5 nitrogen and oxygen atoms in total. The van der Waals surface area contributed by atoms with Crippen LogP contribution in [0, 0.1) is 0 Å². The number of halogens is 6. The molecule has 148 valence electrons. The summed E-state index contributed by atoms with van der Waals surface area (Å²) in [7, 11) is 0. The number of aliphatic hydroxyl groups excluding tert-OH is 1. The van der Waals surface area contributed by atoms with Gasteiger partial charge in [0.15, 0.2) is 5.69 Å². The lowest BCUT2D eigenvalue weighted by molar-refractivity contribution is -0.143. The molecule has 0 aliphatic carbocycles. The molecule has 2 rings (SSSR count). The first-order chi connectivity index (χ1) is 12.5. The molecule has 1 N–H and O–H groups in total. The number of rotatable bonds is 5. The molecule has 0 bridgehead atoms. The lowest BCUT2D eigenvalue weighted by atomic mass is 10.1. The Hall–Kier alpha value is -2.56. The van der Waals surface area contributed by atoms with E-state index in [2.05, 4.69) is 5.10 Å². The highest BCUT2D eigenvalue weighted by molar-refractivity contribution is 5.95. The van der Waals surface area contributed by atoms with Crippen LogP contribution in [0.2, 0.25) is 0 Å². The summed E-state index contributed by atoms with van der Waals surface area (Å²) in [6.07, 6.45) is -9.14. The number of hydrogen-bond donors (Lipinski definition) is 1. The number of aliphatic hydroxyl groups is 1. The second-order valence-corrected chi connectivity index (χ2v) is 5.47. The van der Waals surface area contributed by atoms with Gasteiger partial charge >= 0.3 is 12.4 Å². The number of alkyl halides is 6. The number of carbonyl (C=O) groups excluding carboxylic acids is 1. The van der Waals surface area contributed by atoms with Crippen LogP contribution in [-0.4, -0.2) is 45.4 Å². The van der Waals surface area contributed by atoms with Crippen LogP contribution in [0.25, 0.3) is 5.69 Å². The van der Waals surface area contributed by atoms with E-state index in [1.54, 1.807) is 0 Å². The number of nitrogens with zero attached hydrogens (tertiary/aromatic N) is 3. The summed E-state index contributed by atoms with van der Waals surface area (Å²) in [5, 5.41) is 12.4. The maximum Gasteiger partial charge on any atom is 0.434 e. The van der Waals surface area contributed by atoms with E-state index in [-0.39, 0.29) is 17.8 Å². The van der Waals surface area contributed by atoms with Crippen LogP contribution >= 0.6 is 0 Å². The topological polar surface area (TPSA) is 58.4 Å². The minimum atomic E-state index is -5.05. The number of hydrogen-bond acceptors (Lipinski definition) is 3. The molecular weight excluding hydrogens is 380 g/mol. The van der Waals surface area contributed by atoms with Gasteiger partial charge in [-0.1, -0.05) is 6.07 Å². The summed E-state index contributed by atoms with van der Waals surface area (Å²) in [4.78, 5) is 13.4. The molecule has 2 aromatic rings. The monoisotopic (exact) mass is 395 g/mol. The first kappa shape index (κ1) is 20.7. The quantitative estimate of drug-likeness (QED) is 0.790. The van der Waals surface area contributed by atoms with E-state index in [9.17, 15) is 31.1 Å². The number of likely N-dealkylation sites (N-methyl/N-ethyl adjacent to an activating group) is 1. The zero-order chi connectivity index (χ0) is 20.4. The number of aromatic nitrogens is 2. The van der Waals surface area contributed by atoms with Gasteiger partial charge in [0.05, 0.1) is 29.6 Å². The maximum atomic E-state index is 13.6. The molecule has 1 amide bonds. The van der Waals surface area contributed by atoms with E-state index in [1.165, 1.54) is 6.92 Å². The van der Waals surface area contributed by atoms with Gasteiger partial charge in [-0.2, -0.15) is 31.4 Å². The number of carbonyl (C=O) groups is 1. The van der Waals surface area contributed by atoms with Gasteiger partial charge < -0.3 is 10.0 Å². The first-order valence-electron chi connectivity index (χ1n) is 7.73. The van der Waals surface area contributed by atoms with E-state index in [0.29, 0.717) is 18.3 Å². The van der Waals surface area contributed by atoms with E-state index in [1.807, 2.05) is 0 Å². The summed E-state index contributed by atoms with van der Waals surface area (Å²) in [5.41, 5.74) is -3.92. The zero-order valence-corrected chi connectivity index (χ0v) is 14.0. The van der Waals surface area contributed by atoms with Crippen molar-refractivity contribution < 1.29 is 36.2 Å². The van der Waals surface area contributed by atoms with Crippen molar-refractivity contribution in [2.75, 3.05) is 19.7 Å². The Balaban J connectivity index is 2.60. The molecule has 0 saturated heterocycles. The van der Waals surface area contributed by atoms with E-state index in [0.717, 1.165) is 17.0 Å². The Labute approximate surface area is 149 Å². The van der Waals surface area contributed by atoms with Crippen LogP contribution in [0.15, 0.2) is 30.5 Å². The third kappa shape index (κ3) is 4.41. The van der Waals surface area contributed by atoms with Gasteiger partial charge in [0.25, 0.3) is 5.91 Å². The molecule has 0 aliphatic rings. The van der Waals surface area contributed by atoms with Crippen LogP contribution in [0.3, 0.4) is 0 Å². The van der Waals surface area contributed by atoms with Crippen LogP contribution in [-0.2, 0) is 12.4 Å². The van der Waals surface area contributed by atoms with Gasteiger partial charge in [-0.25, -0.2) is 4.68 Å². The molecule has 0 spiro atoms. The summed E-state index contributed by atoms with van der Waals surface area (Å²) >= 11 is 0. The van der Waals surface area contributed by atoms with Crippen molar-refractivity contribution in [3.8, 4) is 5.69 Å². The van der Waals surface area contributed by atoms with Crippen molar-refractivity contribution in [3.05, 3.63) is 47.3 Å². The second-order valence-electron chi connectivity index (χ2n) is 5.47. The third-order valence-electron chi connectivity index (χ3n) is 3.73. The Morgan fingerprint density at radius 1 is 1.19 bits per heavy atom. The van der Waals surface area contributed by atoms with Gasteiger partial charge in [0, 0.05) is 13.1 Å². The largest absolute Gasteiger partial charge is 0.434 e. The molecule has 0 aliphatic heterocycles. The fraction of sp³-hybridized carbons (Fsp3) is 0.375. The van der Waals surface area contributed by atoms with Gasteiger partial charge in [-0.3, -0.25) is 4.79 Å². The molecule has 0 saturated carbocycles. The van der Waals surface area contributed by atoms with Gasteiger partial charge in [-0.15, -0.1) is 0 Å². The summed E-state index contributed by atoms with van der Waals surface area (Å²) in [5.74, 6) is -1.03. The Bertz CT molecular complexity index is 813. The van der Waals surface area contributed by atoms with Crippen molar-refractivity contribution in [3.63, 3.8) is 0 Å². The van der Waals surface area contributed by atoms with Crippen LogP contribution in [0.1, 0.15) is 28.5 Å². The van der Waals surface area contributed by atoms with Crippen molar-refractivity contribution >= 4 is 5.91 Å². The van der Waals surface area contributed by atoms with Crippen LogP contribution in [0.4, 0.5) is 26.3 Å². The van der Waals surface area contributed by atoms with Crippen molar-refractivity contribution in [1.29, 1.82) is 0 Å². The van der Waals surface area contributed by atoms with Crippen molar-refractivity contribution in [1.82, 2.24) is 14.7 Å². The molecule has 0 fully saturated rings.